The van der Waals surface area contributed by atoms with Gasteiger partial charge in [-0.3, -0.25) is 9.36 Å². The van der Waals surface area contributed by atoms with Crippen molar-refractivity contribution in [3.63, 3.8) is 0 Å². The average molecular weight is 279 g/mol. The molecule has 0 aliphatic heterocycles. The van der Waals surface area contributed by atoms with Gasteiger partial charge in [0, 0.05) is 38.4 Å². The first kappa shape index (κ1) is 15.0. The molecule has 1 aliphatic rings. The topological polar surface area (TPSA) is 56.0 Å². The third kappa shape index (κ3) is 3.20. The van der Waals surface area contributed by atoms with E-state index in [-0.39, 0.29) is 11.2 Å². The van der Waals surface area contributed by atoms with E-state index in [0.717, 1.165) is 0 Å². The van der Waals surface area contributed by atoms with Crippen LogP contribution in [0.25, 0.3) is 0 Å². The summed E-state index contributed by atoms with van der Waals surface area (Å²) in [6.07, 6.45) is 8.19. The van der Waals surface area contributed by atoms with Gasteiger partial charge in [0.05, 0.1) is 0 Å². The molecule has 1 atom stereocenters. The van der Waals surface area contributed by atoms with Gasteiger partial charge in [-0.15, -0.1) is 0 Å². The second kappa shape index (κ2) is 6.39. The average Bonchev–Trinajstić information content (AvgIpc) is 2.48. The smallest absolute Gasteiger partial charge is 0.310 e. The second-order valence-corrected chi connectivity index (χ2v) is 5.98. The maximum Gasteiger partial charge on any atom is 0.330 e. The van der Waals surface area contributed by atoms with Gasteiger partial charge < -0.3 is 9.88 Å². The van der Waals surface area contributed by atoms with Crippen LogP contribution >= 0.6 is 0 Å². The summed E-state index contributed by atoms with van der Waals surface area (Å²) in [6, 6.07) is 0.414. The lowest BCUT2D eigenvalue weighted by Gasteiger charge is -2.28. The molecule has 1 aromatic rings. The molecule has 1 heterocycles. The lowest BCUT2D eigenvalue weighted by molar-refractivity contribution is 0.280. The van der Waals surface area contributed by atoms with Gasteiger partial charge in [-0.25, -0.2) is 4.79 Å². The lowest BCUT2D eigenvalue weighted by atomic mass is 9.84. The van der Waals surface area contributed by atoms with Gasteiger partial charge in [-0.05, 0) is 25.7 Å². The van der Waals surface area contributed by atoms with Gasteiger partial charge in [0.1, 0.15) is 0 Å². The lowest BCUT2D eigenvalue weighted by Crippen LogP contribution is -2.41. The Hall–Kier alpha value is -1.36. The summed E-state index contributed by atoms with van der Waals surface area (Å²) in [4.78, 5) is 23.7. The van der Waals surface area contributed by atoms with Crippen molar-refractivity contribution in [1.29, 1.82) is 0 Å². The summed E-state index contributed by atoms with van der Waals surface area (Å²) < 4.78 is 2.63. The van der Waals surface area contributed by atoms with Crippen LogP contribution in [0, 0.1) is 5.92 Å². The zero-order valence-corrected chi connectivity index (χ0v) is 12.7. The highest BCUT2D eigenvalue weighted by atomic mass is 16.2. The molecule has 1 fully saturated rings. The Balaban J connectivity index is 2.04. The standard InChI is InChI=1S/C15H25N3O2/c1-11(12-7-5-4-6-8-12)16-9-13-10-17(2)15(20)18(3)14(13)19/h10-12,16H,4-9H2,1-3H3. The second-order valence-electron chi connectivity index (χ2n) is 5.98. The van der Waals surface area contributed by atoms with Gasteiger partial charge in [0.15, 0.2) is 0 Å². The maximum absolute atomic E-state index is 12.0. The van der Waals surface area contributed by atoms with Gasteiger partial charge in [-0.2, -0.15) is 0 Å². The SMILES string of the molecule is CC(NCc1cn(C)c(=O)n(C)c1=O)C1CCCCC1. The Morgan fingerprint density at radius 1 is 1.25 bits per heavy atom. The minimum absolute atomic E-state index is 0.198. The van der Waals surface area contributed by atoms with Gasteiger partial charge in [0.25, 0.3) is 5.56 Å². The molecule has 1 saturated carbocycles. The quantitative estimate of drug-likeness (QED) is 0.899. The van der Waals surface area contributed by atoms with Crippen molar-refractivity contribution in [2.75, 3.05) is 0 Å². The predicted molar refractivity (Wildman–Crippen MR) is 79.8 cm³/mol. The molecule has 0 aromatic carbocycles. The summed E-state index contributed by atoms with van der Waals surface area (Å²) in [6.45, 7) is 2.72. The Morgan fingerprint density at radius 2 is 1.90 bits per heavy atom. The van der Waals surface area contributed by atoms with Crippen molar-refractivity contribution in [2.24, 2.45) is 20.0 Å². The van der Waals surface area contributed by atoms with Crippen molar-refractivity contribution in [3.05, 3.63) is 32.6 Å². The third-order valence-corrected chi connectivity index (χ3v) is 4.49. The predicted octanol–water partition coefficient (Wildman–Crippen LogP) is 1.14. The number of aryl methyl sites for hydroxylation is 1. The van der Waals surface area contributed by atoms with Gasteiger partial charge in [-0.1, -0.05) is 19.3 Å². The van der Waals surface area contributed by atoms with E-state index in [1.54, 1.807) is 13.2 Å². The molecule has 1 aromatic heterocycles. The molecular formula is C15H25N3O2. The molecule has 0 saturated heterocycles. The summed E-state index contributed by atoms with van der Waals surface area (Å²) in [5, 5.41) is 3.45. The zero-order valence-electron chi connectivity index (χ0n) is 12.7. The highest BCUT2D eigenvalue weighted by molar-refractivity contribution is 5.05. The summed E-state index contributed by atoms with van der Waals surface area (Å²) >= 11 is 0. The normalized spacial score (nSPS) is 18.1. The van der Waals surface area contributed by atoms with Crippen molar-refractivity contribution >= 4 is 0 Å². The monoisotopic (exact) mass is 279 g/mol. The Labute approximate surface area is 119 Å². The molecule has 0 spiro atoms. The number of hydrogen-bond donors (Lipinski definition) is 1. The van der Waals surface area contributed by atoms with Crippen LogP contribution in [0.2, 0.25) is 0 Å². The Bertz CT molecular complexity index is 567. The fourth-order valence-electron chi connectivity index (χ4n) is 3.08. The minimum Gasteiger partial charge on any atom is -0.310 e. The van der Waals surface area contributed by atoms with E-state index >= 15 is 0 Å². The fraction of sp³-hybridized carbons (Fsp3) is 0.733. The number of rotatable bonds is 4. The number of nitrogens with zero attached hydrogens (tertiary/aromatic N) is 2. The molecule has 112 valence electrons. The van der Waals surface area contributed by atoms with Gasteiger partial charge >= 0.3 is 5.69 Å². The first-order valence-corrected chi connectivity index (χ1v) is 7.49. The molecule has 1 N–H and O–H groups in total. The summed E-state index contributed by atoms with van der Waals surface area (Å²) in [7, 11) is 3.20. The molecule has 20 heavy (non-hydrogen) atoms. The van der Waals surface area contributed by atoms with E-state index in [9.17, 15) is 9.59 Å². The van der Waals surface area contributed by atoms with Crippen LogP contribution in [0.1, 0.15) is 44.6 Å². The number of aromatic nitrogens is 2. The van der Waals surface area contributed by atoms with Crippen LogP contribution in [-0.2, 0) is 20.6 Å². The Morgan fingerprint density at radius 3 is 2.55 bits per heavy atom. The minimum atomic E-state index is -0.279. The third-order valence-electron chi connectivity index (χ3n) is 4.49. The zero-order chi connectivity index (χ0) is 14.7. The fourth-order valence-corrected chi connectivity index (χ4v) is 3.08. The van der Waals surface area contributed by atoms with Crippen LogP contribution in [0.4, 0.5) is 0 Å². The van der Waals surface area contributed by atoms with Crippen molar-refractivity contribution < 1.29 is 0 Å². The molecule has 5 heteroatoms. The highest BCUT2D eigenvalue weighted by Gasteiger charge is 2.20. The van der Waals surface area contributed by atoms with E-state index < -0.39 is 0 Å². The van der Waals surface area contributed by atoms with E-state index in [1.807, 2.05) is 0 Å². The first-order chi connectivity index (χ1) is 9.50. The van der Waals surface area contributed by atoms with Crippen LogP contribution in [-0.4, -0.2) is 15.2 Å². The molecule has 0 amide bonds. The van der Waals surface area contributed by atoms with E-state index in [0.29, 0.717) is 24.1 Å². The number of nitrogens with one attached hydrogen (secondary N) is 1. The van der Waals surface area contributed by atoms with Crippen LogP contribution < -0.4 is 16.6 Å². The molecule has 5 nitrogen and oxygen atoms in total. The van der Waals surface area contributed by atoms with E-state index in [1.165, 1.54) is 48.3 Å². The highest BCUT2D eigenvalue weighted by Crippen LogP contribution is 2.26. The molecular weight excluding hydrogens is 254 g/mol. The van der Waals surface area contributed by atoms with Crippen LogP contribution in [0.5, 0.6) is 0 Å². The molecule has 0 radical (unpaired) electrons. The number of hydrogen-bond acceptors (Lipinski definition) is 3. The van der Waals surface area contributed by atoms with E-state index in [4.69, 9.17) is 0 Å². The Kier molecular flexibility index (Phi) is 4.81. The van der Waals surface area contributed by atoms with E-state index in [2.05, 4.69) is 12.2 Å². The maximum atomic E-state index is 12.0. The summed E-state index contributed by atoms with van der Waals surface area (Å²) in [5.74, 6) is 0.708. The van der Waals surface area contributed by atoms with Crippen molar-refractivity contribution in [3.8, 4) is 0 Å². The van der Waals surface area contributed by atoms with Gasteiger partial charge in [0.2, 0.25) is 0 Å². The van der Waals surface area contributed by atoms with Crippen molar-refractivity contribution in [2.45, 2.75) is 51.6 Å². The molecule has 2 rings (SSSR count). The summed E-state index contributed by atoms with van der Waals surface area (Å²) in [5.41, 5.74) is 0.174. The van der Waals surface area contributed by atoms with Crippen LogP contribution in [0.15, 0.2) is 15.8 Å². The molecule has 1 aliphatic carbocycles. The molecule has 1 unspecified atom stereocenters. The van der Waals surface area contributed by atoms with Crippen LogP contribution in [0.3, 0.4) is 0 Å². The van der Waals surface area contributed by atoms with Crippen molar-refractivity contribution in [1.82, 2.24) is 14.5 Å². The first-order valence-electron chi connectivity index (χ1n) is 7.49. The molecule has 0 bridgehead atoms. The largest absolute Gasteiger partial charge is 0.330 e.